The second kappa shape index (κ2) is 9.25. The quantitative estimate of drug-likeness (QED) is 0.409. The van der Waals surface area contributed by atoms with Gasteiger partial charge < -0.3 is 9.88 Å². The molecule has 4 rings (SSSR count). The van der Waals surface area contributed by atoms with Crippen LogP contribution in [0.4, 0.5) is 0 Å². The van der Waals surface area contributed by atoms with Gasteiger partial charge in [-0.2, -0.15) is 0 Å². The van der Waals surface area contributed by atoms with Crippen LogP contribution in [0.1, 0.15) is 60.9 Å². The largest absolute Gasteiger partial charge is 0.356 e. The number of H-pyrrole nitrogens is 1. The number of aryl methyl sites for hydroxylation is 3. The molecule has 1 aliphatic carbocycles. The van der Waals surface area contributed by atoms with Crippen LogP contribution < -0.4 is 10.9 Å². The number of hydrogen-bond donors (Lipinski definition) is 2. The summed E-state index contributed by atoms with van der Waals surface area (Å²) in [5.41, 5.74) is 2.80. The Balaban J connectivity index is 1.34. The van der Waals surface area contributed by atoms with E-state index >= 15 is 0 Å². The molecule has 166 valence electrons. The van der Waals surface area contributed by atoms with Crippen LogP contribution in [0.5, 0.6) is 0 Å². The molecule has 1 fully saturated rings. The minimum atomic E-state index is -0.202. The van der Waals surface area contributed by atoms with Crippen LogP contribution in [0.2, 0.25) is 0 Å². The number of nitrogens with one attached hydrogen (secondary N) is 2. The standard InChI is InChI=1S/C21H29N7O2S/c1-13-16(14(2)28-18(23-13)12-20(30)26-28)11-19(29)22-10-6-9-17-24-25-21(31-3)27(17)15-7-4-5-8-15/h12,15H,4-11H2,1-3H3,(H,22,29)(H,26,30). The SMILES string of the molecule is CSc1nnc(CCCNC(=O)Cc2c(C)nc3cc(=O)[nH]n3c2C)n1C1CCCC1. The zero-order valence-corrected chi connectivity index (χ0v) is 19.1. The molecule has 0 unspecified atom stereocenters. The summed E-state index contributed by atoms with van der Waals surface area (Å²) in [6.45, 7) is 4.34. The lowest BCUT2D eigenvalue weighted by atomic mass is 10.1. The van der Waals surface area contributed by atoms with Crippen LogP contribution in [0.15, 0.2) is 16.0 Å². The van der Waals surface area contributed by atoms with Crippen LogP contribution in [0.3, 0.4) is 0 Å². The number of amides is 1. The summed E-state index contributed by atoms with van der Waals surface area (Å²) < 4.78 is 3.95. The first-order valence-electron chi connectivity index (χ1n) is 10.8. The zero-order chi connectivity index (χ0) is 22.0. The van der Waals surface area contributed by atoms with Gasteiger partial charge in [0.1, 0.15) is 5.82 Å². The Morgan fingerprint density at radius 3 is 2.81 bits per heavy atom. The second-order valence-electron chi connectivity index (χ2n) is 8.12. The average Bonchev–Trinajstić information content (AvgIpc) is 3.47. The number of rotatable bonds is 8. The molecule has 3 aromatic rings. The highest BCUT2D eigenvalue weighted by Gasteiger charge is 2.23. The molecule has 1 amide bonds. The summed E-state index contributed by atoms with van der Waals surface area (Å²) in [7, 11) is 0. The maximum atomic E-state index is 12.5. The molecule has 31 heavy (non-hydrogen) atoms. The summed E-state index contributed by atoms with van der Waals surface area (Å²) >= 11 is 1.64. The average molecular weight is 444 g/mol. The molecule has 2 N–H and O–H groups in total. The van der Waals surface area contributed by atoms with E-state index in [0.717, 1.165) is 40.8 Å². The maximum absolute atomic E-state index is 12.5. The lowest BCUT2D eigenvalue weighted by Crippen LogP contribution is -2.27. The summed E-state index contributed by atoms with van der Waals surface area (Å²) in [4.78, 5) is 28.6. The molecule has 3 heterocycles. The van der Waals surface area contributed by atoms with E-state index in [2.05, 4.69) is 30.2 Å². The van der Waals surface area contributed by atoms with Crippen LogP contribution in [0, 0.1) is 13.8 Å². The third kappa shape index (κ3) is 4.53. The smallest absolute Gasteiger partial charge is 0.266 e. The van der Waals surface area contributed by atoms with Crippen molar-refractivity contribution in [1.29, 1.82) is 0 Å². The van der Waals surface area contributed by atoms with Gasteiger partial charge in [-0.25, -0.2) is 9.50 Å². The van der Waals surface area contributed by atoms with Crippen molar-refractivity contribution >= 4 is 23.3 Å². The third-order valence-electron chi connectivity index (χ3n) is 6.05. The molecule has 0 aliphatic heterocycles. The molecule has 10 heteroatoms. The van der Waals surface area contributed by atoms with E-state index in [-0.39, 0.29) is 17.9 Å². The van der Waals surface area contributed by atoms with Gasteiger partial charge in [-0.3, -0.25) is 14.7 Å². The predicted molar refractivity (Wildman–Crippen MR) is 120 cm³/mol. The van der Waals surface area contributed by atoms with Crippen molar-refractivity contribution in [2.75, 3.05) is 12.8 Å². The van der Waals surface area contributed by atoms with E-state index in [4.69, 9.17) is 0 Å². The number of carbonyl (C=O) groups excluding carboxylic acids is 1. The van der Waals surface area contributed by atoms with Crippen molar-refractivity contribution in [2.45, 2.75) is 70.0 Å². The van der Waals surface area contributed by atoms with Gasteiger partial charge in [-0.15, -0.1) is 10.2 Å². The lowest BCUT2D eigenvalue weighted by Gasteiger charge is -2.16. The molecule has 0 aromatic carbocycles. The molecule has 9 nitrogen and oxygen atoms in total. The summed E-state index contributed by atoms with van der Waals surface area (Å²) in [5.74, 6) is 0.965. The molecular weight excluding hydrogens is 414 g/mol. The molecule has 1 aliphatic rings. The van der Waals surface area contributed by atoms with Crippen LogP contribution in [0.25, 0.3) is 5.65 Å². The number of fused-ring (bicyclic) bond motifs is 1. The lowest BCUT2D eigenvalue weighted by molar-refractivity contribution is -0.120. The first-order chi connectivity index (χ1) is 15.0. The normalized spacial score (nSPS) is 14.5. The first-order valence-corrected chi connectivity index (χ1v) is 12.0. The molecule has 1 saturated carbocycles. The minimum absolute atomic E-state index is 0.0519. The van der Waals surface area contributed by atoms with Crippen molar-refractivity contribution < 1.29 is 4.79 Å². The van der Waals surface area contributed by atoms with E-state index in [1.54, 1.807) is 16.3 Å². The van der Waals surface area contributed by atoms with Gasteiger partial charge in [0.2, 0.25) is 5.91 Å². The minimum Gasteiger partial charge on any atom is -0.356 e. The Morgan fingerprint density at radius 2 is 2.06 bits per heavy atom. The van der Waals surface area contributed by atoms with Crippen LogP contribution in [-0.2, 0) is 17.6 Å². The fraction of sp³-hybridized carbons (Fsp3) is 0.571. The molecule has 0 spiro atoms. The van der Waals surface area contributed by atoms with Crippen LogP contribution in [-0.4, -0.2) is 48.1 Å². The van der Waals surface area contributed by atoms with Gasteiger partial charge in [0, 0.05) is 42.0 Å². The molecule has 0 radical (unpaired) electrons. The third-order valence-corrected chi connectivity index (χ3v) is 6.69. The number of nitrogens with zero attached hydrogens (tertiary/aromatic N) is 5. The van der Waals surface area contributed by atoms with Gasteiger partial charge in [0.15, 0.2) is 10.8 Å². The van der Waals surface area contributed by atoms with Gasteiger partial charge in [0.05, 0.1) is 6.42 Å². The number of carbonyl (C=O) groups is 1. The van der Waals surface area contributed by atoms with Crippen molar-refractivity contribution in [3.05, 3.63) is 39.2 Å². The number of thioether (sulfide) groups is 1. The van der Waals surface area contributed by atoms with Crippen molar-refractivity contribution in [2.24, 2.45) is 0 Å². The number of aromatic nitrogens is 6. The van der Waals surface area contributed by atoms with E-state index < -0.39 is 0 Å². The van der Waals surface area contributed by atoms with Crippen LogP contribution >= 0.6 is 11.8 Å². The predicted octanol–water partition coefficient (Wildman–Crippen LogP) is 2.36. The van der Waals surface area contributed by atoms with Gasteiger partial charge in [-0.1, -0.05) is 24.6 Å². The van der Waals surface area contributed by atoms with E-state index in [0.29, 0.717) is 18.2 Å². The van der Waals surface area contributed by atoms with Crippen molar-refractivity contribution in [1.82, 2.24) is 34.7 Å². The second-order valence-corrected chi connectivity index (χ2v) is 8.89. The van der Waals surface area contributed by atoms with Gasteiger partial charge in [0.25, 0.3) is 5.56 Å². The highest BCUT2D eigenvalue weighted by Crippen LogP contribution is 2.33. The van der Waals surface area contributed by atoms with E-state index in [9.17, 15) is 9.59 Å². The van der Waals surface area contributed by atoms with Crippen molar-refractivity contribution in [3.63, 3.8) is 0 Å². The fourth-order valence-corrected chi connectivity index (χ4v) is 5.03. The Labute approximate surface area is 185 Å². The Hall–Kier alpha value is -2.62. The molecular formula is C21H29N7O2S. The van der Waals surface area contributed by atoms with E-state index in [1.165, 1.54) is 31.7 Å². The Bertz CT molecular complexity index is 1140. The highest BCUT2D eigenvalue weighted by atomic mass is 32.2. The van der Waals surface area contributed by atoms with Crippen molar-refractivity contribution in [3.8, 4) is 0 Å². The maximum Gasteiger partial charge on any atom is 0.266 e. The Kier molecular flexibility index (Phi) is 6.45. The zero-order valence-electron chi connectivity index (χ0n) is 18.3. The fourth-order valence-electron chi connectivity index (χ4n) is 4.46. The first kappa shape index (κ1) is 21.6. The molecule has 0 atom stereocenters. The summed E-state index contributed by atoms with van der Waals surface area (Å²) in [5, 5.41) is 15.5. The van der Waals surface area contributed by atoms with Gasteiger partial charge >= 0.3 is 0 Å². The highest BCUT2D eigenvalue weighted by molar-refractivity contribution is 7.98. The summed E-state index contributed by atoms with van der Waals surface area (Å²) in [6, 6.07) is 1.96. The molecule has 3 aromatic heterocycles. The summed E-state index contributed by atoms with van der Waals surface area (Å²) in [6.07, 6.45) is 8.80. The van der Waals surface area contributed by atoms with E-state index in [1.807, 2.05) is 20.1 Å². The Morgan fingerprint density at radius 1 is 1.29 bits per heavy atom. The molecule has 0 bridgehead atoms. The number of hydrogen-bond acceptors (Lipinski definition) is 6. The topological polar surface area (TPSA) is 110 Å². The monoisotopic (exact) mass is 443 g/mol. The molecule has 0 saturated heterocycles. The number of aromatic amines is 1. The van der Waals surface area contributed by atoms with Gasteiger partial charge in [-0.05, 0) is 39.4 Å².